The number of carboxylic acid groups (broad SMARTS) is 1. The van der Waals surface area contributed by atoms with Gasteiger partial charge in [-0.3, -0.25) is 0 Å². The van der Waals surface area contributed by atoms with E-state index in [1.54, 1.807) is 0 Å². The fourth-order valence-electron chi connectivity index (χ4n) is 2.08. The maximum atomic E-state index is 10.9. The third kappa shape index (κ3) is 2.55. The quantitative estimate of drug-likeness (QED) is 0.842. The maximum absolute atomic E-state index is 10.9. The largest absolute Gasteiger partial charge is 0.480 e. The first-order valence-corrected chi connectivity index (χ1v) is 6.17. The first-order valence-electron chi connectivity index (χ1n) is 6.17. The smallest absolute Gasteiger partial charge is 0.326 e. The van der Waals surface area contributed by atoms with E-state index in [2.05, 4.69) is 50.4 Å². The first-order chi connectivity index (χ1) is 8.38. The number of rotatable bonds is 2. The molecule has 3 heteroatoms. The van der Waals surface area contributed by atoms with E-state index < -0.39 is 12.0 Å². The van der Waals surface area contributed by atoms with Gasteiger partial charge in [0, 0.05) is 12.6 Å². The van der Waals surface area contributed by atoms with Gasteiger partial charge in [-0.15, -0.1) is 0 Å². The van der Waals surface area contributed by atoms with Crippen LogP contribution in [0.5, 0.6) is 0 Å². The molecule has 0 spiro atoms. The molecule has 0 fully saturated rings. The fraction of sp³-hybridized carbons (Fsp3) is 0.400. The van der Waals surface area contributed by atoms with E-state index in [1.165, 1.54) is 5.56 Å². The maximum Gasteiger partial charge on any atom is 0.326 e. The molecule has 96 valence electrons. The zero-order valence-corrected chi connectivity index (χ0v) is 11.0. The molecule has 1 aromatic carbocycles. The summed E-state index contributed by atoms with van der Waals surface area (Å²) in [6.07, 6.45) is 2.36. The van der Waals surface area contributed by atoms with Crippen molar-refractivity contribution >= 4 is 11.5 Å². The third-order valence-electron chi connectivity index (χ3n) is 3.30. The highest BCUT2D eigenvalue weighted by Crippen LogP contribution is 2.27. The summed E-state index contributed by atoms with van der Waals surface area (Å²) in [4.78, 5) is 10.9. The van der Waals surface area contributed by atoms with Crippen LogP contribution in [0.4, 0.5) is 0 Å². The molecule has 0 saturated heterocycles. The molecule has 0 aliphatic carbocycles. The number of benzene rings is 1. The van der Waals surface area contributed by atoms with Crippen molar-refractivity contribution in [2.24, 2.45) is 0 Å². The molecule has 1 aliphatic rings. The highest BCUT2D eigenvalue weighted by Gasteiger charge is 2.23. The molecule has 0 bridgehead atoms. The number of nitrogens with one attached hydrogen (secondary N) is 1. The molecular formula is C15H19NO2. The number of hydrogen-bond acceptors (Lipinski definition) is 2. The van der Waals surface area contributed by atoms with Gasteiger partial charge in [-0.05, 0) is 22.1 Å². The molecule has 1 aliphatic heterocycles. The van der Waals surface area contributed by atoms with Gasteiger partial charge < -0.3 is 10.4 Å². The number of hydrogen-bond donors (Lipinski definition) is 2. The van der Waals surface area contributed by atoms with Gasteiger partial charge >= 0.3 is 5.97 Å². The molecule has 1 aromatic rings. The van der Waals surface area contributed by atoms with Gasteiger partial charge in [0.1, 0.15) is 6.04 Å². The van der Waals surface area contributed by atoms with Crippen LogP contribution in [0.15, 0.2) is 30.5 Å². The second-order valence-electron chi connectivity index (χ2n) is 5.76. The number of carboxylic acids is 1. The Kier molecular flexibility index (Phi) is 3.16. The minimum atomic E-state index is -0.799. The Morgan fingerprint density at radius 1 is 1.28 bits per heavy atom. The second kappa shape index (κ2) is 4.48. The van der Waals surface area contributed by atoms with Crippen molar-refractivity contribution in [2.75, 3.05) is 0 Å². The summed E-state index contributed by atoms with van der Waals surface area (Å²) in [6, 6.07) is 7.88. The zero-order valence-electron chi connectivity index (χ0n) is 11.0. The van der Waals surface area contributed by atoms with E-state index >= 15 is 0 Å². The normalized spacial score (nSPS) is 19.3. The van der Waals surface area contributed by atoms with Crippen LogP contribution in [-0.4, -0.2) is 17.1 Å². The lowest BCUT2D eigenvalue weighted by atomic mass is 9.86. The van der Waals surface area contributed by atoms with Crippen molar-refractivity contribution in [3.8, 4) is 0 Å². The monoisotopic (exact) mass is 245 g/mol. The highest BCUT2D eigenvalue weighted by molar-refractivity contribution is 5.81. The average Bonchev–Trinajstić information content (AvgIpc) is 2.77. The van der Waals surface area contributed by atoms with E-state index in [9.17, 15) is 4.79 Å². The molecule has 2 rings (SSSR count). The molecule has 0 aromatic heterocycles. The summed E-state index contributed by atoms with van der Waals surface area (Å²) in [5.41, 5.74) is 3.58. The van der Waals surface area contributed by atoms with E-state index in [-0.39, 0.29) is 5.41 Å². The average molecular weight is 245 g/mol. The van der Waals surface area contributed by atoms with Crippen molar-refractivity contribution in [1.29, 1.82) is 0 Å². The van der Waals surface area contributed by atoms with Crippen LogP contribution in [0.2, 0.25) is 0 Å². The molecule has 2 N–H and O–H groups in total. The minimum Gasteiger partial charge on any atom is -0.480 e. The van der Waals surface area contributed by atoms with E-state index in [0.717, 1.165) is 11.1 Å². The van der Waals surface area contributed by atoms with Crippen LogP contribution in [0.3, 0.4) is 0 Å². The van der Waals surface area contributed by atoms with Crippen molar-refractivity contribution in [1.82, 2.24) is 5.32 Å². The molecule has 1 atom stereocenters. The van der Waals surface area contributed by atoms with Gasteiger partial charge in [-0.2, -0.15) is 0 Å². The molecule has 0 amide bonds. The molecule has 1 heterocycles. The van der Waals surface area contributed by atoms with Crippen molar-refractivity contribution in [2.45, 2.75) is 38.6 Å². The van der Waals surface area contributed by atoms with Crippen molar-refractivity contribution in [3.05, 3.63) is 41.6 Å². The summed E-state index contributed by atoms with van der Waals surface area (Å²) >= 11 is 0. The molecule has 3 nitrogen and oxygen atoms in total. The van der Waals surface area contributed by atoms with Crippen LogP contribution in [-0.2, 0) is 10.2 Å². The van der Waals surface area contributed by atoms with Gasteiger partial charge in [-0.25, -0.2) is 4.79 Å². The van der Waals surface area contributed by atoms with Crippen LogP contribution in [0, 0.1) is 0 Å². The van der Waals surface area contributed by atoms with Crippen molar-refractivity contribution in [3.63, 3.8) is 0 Å². The third-order valence-corrected chi connectivity index (χ3v) is 3.30. The molecule has 1 unspecified atom stereocenters. The predicted molar refractivity (Wildman–Crippen MR) is 72.3 cm³/mol. The van der Waals surface area contributed by atoms with Gasteiger partial charge in [0.25, 0.3) is 0 Å². The Labute approximate surface area is 108 Å². The van der Waals surface area contributed by atoms with Crippen LogP contribution < -0.4 is 5.32 Å². The van der Waals surface area contributed by atoms with Crippen LogP contribution in [0.25, 0.3) is 5.57 Å². The Hall–Kier alpha value is -1.77. The SMILES string of the molecule is CC(C)(C)c1ccc(C2=CNC(C(=O)O)C2)cc1. The van der Waals surface area contributed by atoms with E-state index in [0.29, 0.717) is 6.42 Å². The summed E-state index contributed by atoms with van der Waals surface area (Å²) in [7, 11) is 0. The number of aliphatic carboxylic acids is 1. The molecule has 0 radical (unpaired) electrons. The van der Waals surface area contributed by atoms with E-state index in [4.69, 9.17) is 5.11 Å². The molecule has 18 heavy (non-hydrogen) atoms. The Bertz CT molecular complexity index is 480. The lowest BCUT2D eigenvalue weighted by Crippen LogP contribution is -2.28. The Morgan fingerprint density at radius 3 is 2.33 bits per heavy atom. The lowest BCUT2D eigenvalue weighted by Gasteiger charge is -2.19. The topological polar surface area (TPSA) is 49.3 Å². The highest BCUT2D eigenvalue weighted by atomic mass is 16.4. The predicted octanol–water partition coefficient (Wildman–Crippen LogP) is 2.77. The molecule has 0 saturated carbocycles. The zero-order chi connectivity index (χ0) is 13.3. The van der Waals surface area contributed by atoms with Crippen LogP contribution >= 0.6 is 0 Å². The Morgan fingerprint density at radius 2 is 1.89 bits per heavy atom. The van der Waals surface area contributed by atoms with E-state index in [1.807, 2.05) is 6.20 Å². The van der Waals surface area contributed by atoms with Gasteiger partial charge in [-0.1, -0.05) is 45.0 Å². The van der Waals surface area contributed by atoms with Gasteiger partial charge in [0.2, 0.25) is 0 Å². The molecular weight excluding hydrogens is 226 g/mol. The Balaban J connectivity index is 2.15. The van der Waals surface area contributed by atoms with Gasteiger partial charge in [0.15, 0.2) is 0 Å². The van der Waals surface area contributed by atoms with Gasteiger partial charge in [0.05, 0.1) is 0 Å². The summed E-state index contributed by atoms with van der Waals surface area (Å²) in [5, 5.41) is 11.8. The lowest BCUT2D eigenvalue weighted by molar-refractivity contribution is -0.138. The summed E-state index contributed by atoms with van der Waals surface area (Å²) in [6.45, 7) is 6.54. The van der Waals surface area contributed by atoms with Crippen LogP contribution in [0.1, 0.15) is 38.3 Å². The second-order valence-corrected chi connectivity index (χ2v) is 5.76. The van der Waals surface area contributed by atoms with Crippen molar-refractivity contribution < 1.29 is 9.90 Å². The summed E-state index contributed by atoms with van der Waals surface area (Å²) in [5.74, 6) is -0.799. The number of carbonyl (C=O) groups is 1. The fourth-order valence-corrected chi connectivity index (χ4v) is 2.08. The first kappa shape index (κ1) is 12.7. The standard InChI is InChI=1S/C15H19NO2/c1-15(2,3)12-6-4-10(5-7-12)11-8-13(14(17)18)16-9-11/h4-7,9,13,16H,8H2,1-3H3,(H,17,18). The minimum absolute atomic E-state index is 0.143. The summed E-state index contributed by atoms with van der Waals surface area (Å²) < 4.78 is 0.